The average Bonchev–Trinajstić information content (AvgIpc) is 3.08. The van der Waals surface area contributed by atoms with Crippen LogP contribution in [0, 0.1) is 5.92 Å². The largest absolute Gasteiger partial charge is 0.497 e. The molecule has 0 aliphatic heterocycles. The molecule has 0 radical (unpaired) electrons. The molecule has 0 saturated carbocycles. The molecule has 3 aromatic rings. The molecule has 1 unspecified atom stereocenters. The van der Waals surface area contributed by atoms with Crippen LogP contribution in [0.25, 0.3) is 11.0 Å². The first-order valence-electron chi connectivity index (χ1n) is 9.95. The predicted molar refractivity (Wildman–Crippen MR) is 112 cm³/mol. The SMILES string of the molecule is CCC(CC)C(=O)NC(C)c1nc2ccccc2n1Cc1ccc(OC)cc1. The maximum Gasteiger partial charge on any atom is 0.223 e. The Morgan fingerprint density at radius 3 is 2.43 bits per heavy atom. The van der Waals surface area contributed by atoms with Gasteiger partial charge in [-0.3, -0.25) is 4.79 Å². The van der Waals surface area contributed by atoms with Gasteiger partial charge in [0.1, 0.15) is 11.6 Å². The number of hydrogen-bond acceptors (Lipinski definition) is 3. The number of nitrogens with zero attached hydrogens (tertiary/aromatic N) is 2. The van der Waals surface area contributed by atoms with Crippen molar-refractivity contribution in [2.24, 2.45) is 5.92 Å². The van der Waals surface area contributed by atoms with Gasteiger partial charge in [-0.05, 0) is 49.6 Å². The van der Waals surface area contributed by atoms with E-state index in [0.29, 0.717) is 6.54 Å². The highest BCUT2D eigenvalue weighted by atomic mass is 16.5. The number of hydrogen-bond donors (Lipinski definition) is 1. The number of carbonyl (C=O) groups is 1. The fraction of sp³-hybridized carbons (Fsp3) is 0.391. The van der Waals surface area contributed by atoms with Gasteiger partial charge in [0.15, 0.2) is 0 Å². The second-order valence-corrected chi connectivity index (χ2v) is 7.14. The maximum atomic E-state index is 12.6. The van der Waals surface area contributed by atoms with Crippen molar-refractivity contribution in [1.82, 2.24) is 14.9 Å². The lowest BCUT2D eigenvalue weighted by atomic mass is 10.0. The van der Waals surface area contributed by atoms with Crippen LogP contribution in [0.15, 0.2) is 48.5 Å². The van der Waals surface area contributed by atoms with Crippen molar-refractivity contribution in [2.45, 2.75) is 46.2 Å². The fourth-order valence-corrected chi connectivity index (χ4v) is 3.56. The number of imidazole rings is 1. The monoisotopic (exact) mass is 379 g/mol. The summed E-state index contributed by atoms with van der Waals surface area (Å²) in [6, 6.07) is 16.0. The third-order valence-corrected chi connectivity index (χ3v) is 5.29. The number of para-hydroxylation sites is 2. The highest BCUT2D eigenvalue weighted by Crippen LogP contribution is 2.23. The molecule has 0 aliphatic rings. The second-order valence-electron chi connectivity index (χ2n) is 7.14. The Kier molecular flexibility index (Phi) is 6.34. The molecule has 0 spiro atoms. The Labute approximate surface area is 166 Å². The van der Waals surface area contributed by atoms with Crippen LogP contribution in [-0.2, 0) is 11.3 Å². The van der Waals surface area contributed by atoms with Crippen molar-refractivity contribution in [3.05, 3.63) is 59.9 Å². The summed E-state index contributed by atoms with van der Waals surface area (Å²) in [4.78, 5) is 17.4. The summed E-state index contributed by atoms with van der Waals surface area (Å²) >= 11 is 0. The molecule has 0 fully saturated rings. The van der Waals surface area contributed by atoms with E-state index >= 15 is 0 Å². The minimum atomic E-state index is -0.168. The van der Waals surface area contributed by atoms with Crippen LogP contribution in [0.3, 0.4) is 0 Å². The molecule has 1 N–H and O–H groups in total. The molecule has 5 nitrogen and oxygen atoms in total. The first-order chi connectivity index (χ1) is 13.6. The number of aromatic nitrogens is 2. The zero-order valence-corrected chi connectivity index (χ0v) is 17.1. The van der Waals surface area contributed by atoms with E-state index in [9.17, 15) is 4.79 Å². The van der Waals surface area contributed by atoms with Crippen LogP contribution in [0.2, 0.25) is 0 Å². The van der Waals surface area contributed by atoms with Gasteiger partial charge in [-0.25, -0.2) is 4.98 Å². The summed E-state index contributed by atoms with van der Waals surface area (Å²) in [5.74, 6) is 1.85. The molecule has 5 heteroatoms. The summed E-state index contributed by atoms with van der Waals surface area (Å²) in [5, 5.41) is 3.16. The van der Waals surface area contributed by atoms with Gasteiger partial charge in [0.25, 0.3) is 0 Å². The van der Waals surface area contributed by atoms with Crippen LogP contribution in [0.4, 0.5) is 0 Å². The number of carbonyl (C=O) groups excluding carboxylic acids is 1. The standard InChI is InChI=1S/C23H29N3O2/c1-5-18(6-2)23(27)24-16(3)22-25-20-9-7-8-10-21(20)26(22)15-17-11-13-19(28-4)14-12-17/h7-14,16,18H,5-6,15H2,1-4H3,(H,24,27). The minimum Gasteiger partial charge on any atom is -0.497 e. The first kappa shape index (κ1) is 19.9. The van der Waals surface area contributed by atoms with Crippen LogP contribution in [-0.4, -0.2) is 22.6 Å². The van der Waals surface area contributed by atoms with Crippen molar-refractivity contribution in [3.8, 4) is 5.75 Å². The highest BCUT2D eigenvalue weighted by molar-refractivity contribution is 5.79. The van der Waals surface area contributed by atoms with E-state index in [4.69, 9.17) is 9.72 Å². The van der Waals surface area contributed by atoms with Gasteiger partial charge in [0.05, 0.1) is 24.2 Å². The molecule has 2 aromatic carbocycles. The molecule has 1 amide bonds. The van der Waals surface area contributed by atoms with Crippen LogP contribution < -0.4 is 10.1 Å². The molecule has 1 heterocycles. The highest BCUT2D eigenvalue weighted by Gasteiger charge is 2.21. The summed E-state index contributed by atoms with van der Waals surface area (Å²) < 4.78 is 7.45. The lowest BCUT2D eigenvalue weighted by Crippen LogP contribution is -2.33. The number of nitrogens with one attached hydrogen (secondary N) is 1. The van der Waals surface area contributed by atoms with Crippen molar-refractivity contribution in [2.75, 3.05) is 7.11 Å². The van der Waals surface area contributed by atoms with E-state index in [2.05, 4.69) is 41.9 Å². The fourth-order valence-electron chi connectivity index (χ4n) is 3.56. The third kappa shape index (κ3) is 4.19. The first-order valence-corrected chi connectivity index (χ1v) is 9.95. The van der Waals surface area contributed by atoms with Gasteiger partial charge in [-0.15, -0.1) is 0 Å². The number of fused-ring (bicyclic) bond motifs is 1. The van der Waals surface area contributed by atoms with Crippen molar-refractivity contribution < 1.29 is 9.53 Å². The number of amides is 1. The normalized spacial score (nSPS) is 12.3. The Morgan fingerprint density at radius 2 is 1.79 bits per heavy atom. The van der Waals surface area contributed by atoms with Gasteiger partial charge in [0.2, 0.25) is 5.91 Å². The molecular weight excluding hydrogens is 350 g/mol. The van der Waals surface area contributed by atoms with E-state index in [0.717, 1.165) is 41.0 Å². The van der Waals surface area contributed by atoms with Gasteiger partial charge < -0.3 is 14.6 Å². The number of ether oxygens (including phenoxy) is 1. The quantitative estimate of drug-likeness (QED) is 0.617. The van der Waals surface area contributed by atoms with E-state index in [1.807, 2.05) is 37.3 Å². The van der Waals surface area contributed by atoms with E-state index in [1.165, 1.54) is 0 Å². The number of rotatable bonds is 8. The summed E-state index contributed by atoms with van der Waals surface area (Å²) in [7, 11) is 1.67. The lowest BCUT2D eigenvalue weighted by Gasteiger charge is -2.19. The van der Waals surface area contributed by atoms with Crippen molar-refractivity contribution in [3.63, 3.8) is 0 Å². The molecule has 148 valence electrons. The molecule has 1 aromatic heterocycles. The summed E-state index contributed by atoms with van der Waals surface area (Å²) in [6.07, 6.45) is 1.69. The Balaban J connectivity index is 1.92. The lowest BCUT2D eigenvalue weighted by molar-refractivity contribution is -0.125. The van der Waals surface area contributed by atoms with Crippen molar-refractivity contribution in [1.29, 1.82) is 0 Å². The molecule has 0 aliphatic carbocycles. The van der Waals surface area contributed by atoms with E-state index in [-0.39, 0.29) is 17.9 Å². The third-order valence-electron chi connectivity index (χ3n) is 5.29. The molecule has 1 atom stereocenters. The average molecular weight is 380 g/mol. The number of benzene rings is 2. The maximum absolute atomic E-state index is 12.6. The predicted octanol–water partition coefficient (Wildman–Crippen LogP) is 4.71. The Hall–Kier alpha value is -2.82. The van der Waals surface area contributed by atoms with Crippen LogP contribution >= 0.6 is 0 Å². The molecule has 3 rings (SSSR count). The van der Waals surface area contributed by atoms with E-state index in [1.54, 1.807) is 7.11 Å². The molecule has 0 saturated heterocycles. The van der Waals surface area contributed by atoms with Crippen LogP contribution in [0.5, 0.6) is 5.75 Å². The summed E-state index contributed by atoms with van der Waals surface area (Å²) in [6.45, 7) is 6.80. The van der Waals surface area contributed by atoms with Gasteiger partial charge in [-0.2, -0.15) is 0 Å². The van der Waals surface area contributed by atoms with E-state index < -0.39 is 0 Å². The molecular formula is C23H29N3O2. The van der Waals surface area contributed by atoms with Gasteiger partial charge in [-0.1, -0.05) is 38.1 Å². The zero-order chi connectivity index (χ0) is 20.1. The molecule has 28 heavy (non-hydrogen) atoms. The van der Waals surface area contributed by atoms with Gasteiger partial charge >= 0.3 is 0 Å². The Bertz CT molecular complexity index is 927. The Morgan fingerprint density at radius 1 is 1.11 bits per heavy atom. The minimum absolute atomic E-state index is 0.0434. The summed E-state index contributed by atoms with van der Waals surface area (Å²) in [5.41, 5.74) is 3.16. The topological polar surface area (TPSA) is 56.2 Å². The van der Waals surface area contributed by atoms with Gasteiger partial charge in [0, 0.05) is 12.5 Å². The second kappa shape index (κ2) is 8.91. The smallest absolute Gasteiger partial charge is 0.223 e. The molecule has 0 bridgehead atoms. The zero-order valence-electron chi connectivity index (χ0n) is 17.1. The number of methoxy groups -OCH3 is 1. The van der Waals surface area contributed by atoms with Crippen LogP contribution in [0.1, 0.15) is 51.0 Å². The van der Waals surface area contributed by atoms with Crippen molar-refractivity contribution >= 4 is 16.9 Å².